The van der Waals surface area contributed by atoms with Gasteiger partial charge in [0, 0.05) is 18.2 Å². The van der Waals surface area contributed by atoms with Crippen molar-refractivity contribution in [3.63, 3.8) is 0 Å². The van der Waals surface area contributed by atoms with E-state index in [4.69, 9.17) is 19.9 Å². The van der Waals surface area contributed by atoms with Gasteiger partial charge in [-0.15, -0.1) is 0 Å². The molecule has 0 fully saturated rings. The maximum atomic E-state index is 5.71. The lowest BCUT2D eigenvalue weighted by Gasteiger charge is -2.11. The zero-order valence-electron chi connectivity index (χ0n) is 11.6. The van der Waals surface area contributed by atoms with E-state index in [1.54, 1.807) is 21.3 Å². The summed E-state index contributed by atoms with van der Waals surface area (Å²) in [5.41, 5.74) is 6.71. The van der Waals surface area contributed by atoms with Crippen molar-refractivity contribution in [1.29, 1.82) is 0 Å². The third-order valence-corrected chi connectivity index (χ3v) is 3.61. The minimum atomic E-state index is 0.390. The number of hydrogen-bond donors (Lipinski definition) is 2. The van der Waals surface area contributed by atoms with Crippen molar-refractivity contribution < 1.29 is 14.2 Å². The third kappa shape index (κ3) is 2.88. The van der Waals surface area contributed by atoms with Crippen LogP contribution in [0.25, 0.3) is 0 Å². The lowest BCUT2D eigenvalue weighted by atomic mass is 10.2. The summed E-state index contributed by atoms with van der Waals surface area (Å²) >= 11 is 1.26. The predicted molar refractivity (Wildman–Crippen MR) is 80.0 cm³/mol. The molecule has 1 aromatic carbocycles. The smallest absolute Gasteiger partial charge is 0.197 e. The normalized spacial score (nSPS) is 10.2. The van der Waals surface area contributed by atoms with E-state index < -0.39 is 0 Å². The molecular weight excluding hydrogens is 278 g/mol. The summed E-state index contributed by atoms with van der Waals surface area (Å²) in [7, 11) is 4.82. The highest BCUT2D eigenvalue weighted by atomic mass is 32.1. The number of nitrogens with two attached hydrogens (primary N) is 1. The van der Waals surface area contributed by atoms with Crippen LogP contribution in [0.2, 0.25) is 0 Å². The molecule has 0 bridgehead atoms. The van der Waals surface area contributed by atoms with Gasteiger partial charge in [-0.05, 0) is 23.7 Å². The van der Waals surface area contributed by atoms with Crippen LogP contribution in [0.4, 0.5) is 10.8 Å². The van der Waals surface area contributed by atoms with E-state index in [0.717, 1.165) is 22.1 Å². The van der Waals surface area contributed by atoms with Gasteiger partial charge in [0.15, 0.2) is 16.6 Å². The molecule has 0 saturated carbocycles. The second-order valence-corrected chi connectivity index (χ2v) is 4.73. The quantitative estimate of drug-likeness (QED) is 0.851. The molecule has 108 valence electrons. The van der Waals surface area contributed by atoms with Crippen LogP contribution in [-0.2, 0) is 6.54 Å². The average Bonchev–Trinajstić information content (AvgIpc) is 2.84. The van der Waals surface area contributed by atoms with Gasteiger partial charge in [0.1, 0.15) is 11.5 Å². The van der Waals surface area contributed by atoms with Gasteiger partial charge in [-0.2, -0.15) is 4.37 Å². The molecule has 0 spiro atoms. The van der Waals surface area contributed by atoms with Crippen molar-refractivity contribution in [3.8, 4) is 17.2 Å². The van der Waals surface area contributed by atoms with E-state index in [9.17, 15) is 0 Å². The second-order valence-electron chi connectivity index (χ2n) is 3.96. The second kappa shape index (κ2) is 6.33. The highest BCUT2D eigenvalue weighted by Gasteiger charge is 2.12. The molecule has 3 N–H and O–H groups in total. The molecule has 2 aromatic rings. The highest BCUT2D eigenvalue weighted by Crippen LogP contribution is 2.35. The minimum Gasteiger partial charge on any atom is -0.497 e. The van der Waals surface area contributed by atoms with Crippen molar-refractivity contribution >= 4 is 22.4 Å². The Kier molecular flexibility index (Phi) is 4.52. The Morgan fingerprint density at radius 1 is 1.20 bits per heavy atom. The standard InChI is InChI=1S/C13H17N3O3S/c1-17-9-5-4-8(10(6-9)18-2)7-15-13-11(19-3)12(14)16-20-13/h4-6,15H,7H2,1-3H3,(H2,14,16). The molecule has 0 aliphatic rings. The fourth-order valence-electron chi connectivity index (χ4n) is 1.78. The van der Waals surface area contributed by atoms with E-state index in [2.05, 4.69) is 9.69 Å². The van der Waals surface area contributed by atoms with Crippen LogP contribution in [0.3, 0.4) is 0 Å². The third-order valence-electron chi connectivity index (χ3n) is 2.81. The first-order chi connectivity index (χ1) is 9.69. The monoisotopic (exact) mass is 295 g/mol. The van der Waals surface area contributed by atoms with Gasteiger partial charge in [0.05, 0.1) is 21.3 Å². The Labute approximate surface area is 121 Å². The van der Waals surface area contributed by atoms with Crippen LogP contribution in [0.15, 0.2) is 18.2 Å². The van der Waals surface area contributed by atoms with Gasteiger partial charge in [0.25, 0.3) is 0 Å². The van der Waals surface area contributed by atoms with Crippen molar-refractivity contribution in [3.05, 3.63) is 23.8 Å². The topological polar surface area (TPSA) is 78.6 Å². The molecule has 0 amide bonds. The molecule has 0 saturated heterocycles. The number of methoxy groups -OCH3 is 3. The van der Waals surface area contributed by atoms with Gasteiger partial charge < -0.3 is 25.3 Å². The molecule has 0 aliphatic carbocycles. The lowest BCUT2D eigenvalue weighted by Crippen LogP contribution is -2.02. The number of hydrogen-bond acceptors (Lipinski definition) is 7. The highest BCUT2D eigenvalue weighted by molar-refractivity contribution is 7.11. The zero-order chi connectivity index (χ0) is 14.5. The molecule has 20 heavy (non-hydrogen) atoms. The van der Waals surface area contributed by atoms with Crippen LogP contribution in [0.5, 0.6) is 17.2 Å². The van der Waals surface area contributed by atoms with Crippen molar-refractivity contribution in [2.45, 2.75) is 6.54 Å². The zero-order valence-corrected chi connectivity index (χ0v) is 12.4. The molecule has 0 atom stereocenters. The first-order valence-electron chi connectivity index (χ1n) is 5.93. The number of benzene rings is 1. The number of nitrogens with zero attached hydrogens (tertiary/aromatic N) is 1. The molecule has 1 aromatic heterocycles. The number of aromatic nitrogens is 1. The van der Waals surface area contributed by atoms with E-state index in [1.165, 1.54) is 11.5 Å². The Balaban J connectivity index is 2.14. The van der Waals surface area contributed by atoms with E-state index in [-0.39, 0.29) is 0 Å². The number of ether oxygens (including phenoxy) is 3. The predicted octanol–water partition coefficient (Wildman–Crippen LogP) is 2.36. The molecule has 0 unspecified atom stereocenters. The molecule has 6 nitrogen and oxygen atoms in total. The van der Waals surface area contributed by atoms with Crippen LogP contribution in [-0.4, -0.2) is 25.7 Å². The fraction of sp³-hybridized carbons (Fsp3) is 0.308. The minimum absolute atomic E-state index is 0.390. The van der Waals surface area contributed by atoms with Crippen LogP contribution in [0.1, 0.15) is 5.56 Å². The summed E-state index contributed by atoms with van der Waals surface area (Å²) in [4.78, 5) is 0. The molecule has 2 rings (SSSR count). The Bertz CT molecular complexity index is 586. The Morgan fingerprint density at radius 2 is 2.00 bits per heavy atom. The van der Waals surface area contributed by atoms with Crippen LogP contribution < -0.4 is 25.3 Å². The van der Waals surface area contributed by atoms with Crippen molar-refractivity contribution in [2.24, 2.45) is 0 Å². The van der Waals surface area contributed by atoms with E-state index in [1.807, 2.05) is 18.2 Å². The summed E-state index contributed by atoms with van der Waals surface area (Å²) < 4.78 is 19.8. The lowest BCUT2D eigenvalue weighted by molar-refractivity contribution is 0.391. The summed E-state index contributed by atoms with van der Waals surface area (Å²) in [6, 6.07) is 5.68. The Hall–Kier alpha value is -2.15. The van der Waals surface area contributed by atoms with Gasteiger partial charge in [-0.25, -0.2) is 0 Å². The number of rotatable bonds is 6. The van der Waals surface area contributed by atoms with Gasteiger partial charge in [0.2, 0.25) is 0 Å². The molecule has 0 radical (unpaired) electrons. The maximum Gasteiger partial charge on any atom is 0.197 e. The van der Waals surface area contributed by atoms with E-state index >= 15 is 0 Å². The number of nitrogens with one attached hydrogen (secondary N) is 1. The van der Waals surface area contributed by atoms with Gasteiger partial charge in [-0.1, -0.05) is 0 Å². The number of nitrogen functional groups attached to an aromatic ring is 1. The largest absolute Gasteiger partial charge is 0.497 e. The first kappa shape index (κ1) is 14.3. The molecule has 7 heteroatoms. The van der Waals surface area contributed by atoms with Crippen molar-refractivity contribution in [2.75, 3.05) is 32.4 Å². The average molecular weight is 295 g/mol. The maximum absolute atomic E-state index is 5.71. The summed E-state index contributed by atoms with van der Waals surface area (Å²) in [5, 5.41) is 4.04. The molecule has 0 aliphatic heterocycles. The molecular formula is C13H17N3O3S. The Morgan fingerprint density at radius 3 is 2.65 bits per heavy atom. The number of anilines is 2. The van der Waals surface area contributed by atoms with Crippen LogP contribution in [0, 0.1) is 0 Å². The van der Waals surface area contributed by atoms with Crippen molar-refractivity contribution in [1.82, 2.24) is 4.37 Å². The summed E-state index contributed by atoms with van der Waals surface area (Å²) in [6.45, 7) is 0.575. The van der Waals surface area contributed by atoms with Crippen LogP contribution >= 0.6 is 11.5 Å². The van der Waals surface area contributed by atoms with Gasteiger partial charge >= 0.3 is 0 Å². The van der Waals surface area contributed by atoms with Gasteiger partial charge in [-0.3, -0.25) is 0 Å². The summed E-state index contributed by atoms with van der Waals surface area (Å²) in [6.07, 6.45) is 0. The first-order valence-corrected chi connectivity index (χ1v) is 6.70. The summed E-state index contributed by atoms with van der Waals surface area (Å²) in [5.74, 6) is 2.47. The fourth-order valence-corrected chi connectivity index (χ4v) is 2.46. The SMILES string of the molecule is COc1ccc(CNc2snc(N)c2OC)c(OC)c1. The molecule has 1 heterocycles. The van der Waals surface area contributed by atoms with E-state index in [0.29, 0.717) is 18.1 Å².